The van der Waals surface area contributed by atoms with Gasteiger partial charge in [-0.1, -0.05) is 87.6 Å². The van der Waals surface area contributed by atoms with Gasteiger partial charge in [0, 0.05) is 5.56 Å². The number of ether oxygens (including phenoxy) is 1. The molecule has 0 spiro atoms. The normalized spacial score (nSPS) is 22.7. The molecule has 2 rings (SSSR count). The SMILES string of the molecule is CCCCCCCCOC1(O)C=CC=CC1C(=O)c1ccccc1. The van der Waals surface area contributed by atoms with Gasteiger partial charge in [0.15, 0.2) is 11.6 Å². The van der Waals surface area contributed by atoms with E-state index in [1.807, 2.05) is 18.2 Å². The minimum absolute atomic E-state index is 0.123. The van der Waals surface area contributed by atoms with Crippen LogP contribution < -0.4 is 0 Å². The molecule has 1 aliphatic rings. The molecule has 0 bridgehead atoms. The van der Waals surface area contributed by atoms with Crippen LogP contribution in [0.4, 0.5) is 0 Å². The molecule has 0 aliphatic heterocycles. The maximum absolute atomic E-state index is 12.7. The minimum Gasteiger partial charge on any atom is -0.361 e. The van der Waals surface area contributed by atoms with E-state index in [2.05, 4.69) is 6.92 Å². The van der Waals surface area contributed by atoms with Crippen LogP contribution in [0.3, 0.4) is 0 Å². The summed E-state index contributed by atoms with van der Waals surface area (Å²) < 4.78 is 5.73. The van der Waals surface area contributed by atoms with Crippen LogP contribution in [-0.4, -0.2) is 23.3 Å². The summed E-state index contributed by atoms with van der Waals surface area (Å²) in [7, 11) is 0. The molecule has 1 aromatic carbocycles. The smallest absolute Gasteiger partial charge is 0.199 e. The lowest BCUT2D eigenvalue weighted by atomic mass is 9.86. The molecule has 0 aromatic heterocycles. The highest BCUT2D eigenvalue weighted by Gasteiger charge is 2.40. The fraction of sp³-hybridized carbons (Fsp3) is 0.476. The number of benzene rings is 1. The van der Waals surface area contributed by atoms with Crippen molar-refractivity contribution in [1.82, 2.24) is 0 Å². The van der Waals surface area contributed by atoms with Crippen molar-refractivity contribution in [2.24, 2.45) is 5.92 Å². The zero-order chi connectivity index (χ0) is 17.3. The summed E-state index contributed by atoms with van der Waals surface area (Å²) in [5.74, 6) is -2.38. The third-order valence-electron chi connectivity index (χ3n) is 4.37. The van der Waals surface area contributed by atoms with Crippen LogP contribution in [0, 0.1) is 5.92 Å². The van der Waals surface area contributed by atoms with Gasteiger partial charge >= 0.3 is 0 Å². The average Bonchev–Trinajstić information content (AvgIpc) is 2.61. The van der Waals surface area contributed by atoms with Crippen LogP contribution in [0.15, 0.2) is 54.6 Å². The molecule has 2 atom stereocenters. The molecule has 24 heavy (non-hydrogen) atoms. The topological polar surface area (TPSA) is 46.5 Å². The fourth-order valence-electron chi connectivity index (χ4n) is 2.92. The van der Waals surface area contributed by atoms with E-state index in [0.29, 0.717) is 12.2 Å². The van der Waals surface area contributed by atoms with Gasteiger partial charge in [-0.25, -0.2) is 0 Å². The van der Waals surface area contributed by atoms with Gasteiger partial charge in [0.1, 0.15) is 0 Å². The molecular formula is C21H28O3. The van der Waals surface area contributed by atoms with Gasteiger partial charge in [-0.15, -0.1) is 0 Å². The van der Waals surface area contributed by atoms with Crippen molar-refractivity contribution < 1.29 is 14.6 Å². The highest BCUT2D eigenvalue weighted by atomic mass is 16.6. The highest BCUT2D eigenvalue weighted by Crippen LogP contribution is 2.29. The summed E-state index contributed by atoms with van der Waals surface area (Å²) in [5.41, 5.74) is 0.587. The maximum atomic E-state index is 12.7. The van der Waals surface area contributed by atoms with E-state index in [-0.39, 0.29) is 5.78 Å². The Morgan fingerprint density at radius 1 is 1.08 bits per heavy atom. The van der Waals surface area contributed by atoms with Gasteiger partial charge in [-0.05, 0) is 12.5 Å². The molecule has 1 aromatic rings. The average molecular weight is 328 g/mol. The van der Waals surface area contributed by atoms with Gasteiger partial charge in [0.05, 0.1) is 12.5 Å². The predicted octanol–water partition coefficient (Wildman–Crippen LogP) is 4.68. The zero-order valence-electron chi connectivity index (χ0n) is 14.5. The highest BCUT2D eigenvalue weighted by molar-refractivity contribution is 5.99. The summed E-state index contributed by atoms with van der Waals surface area (Å²) in [5, 5.41) is 10.8. The first-order valence-electron chi connectivity index (χ1n) is 8.99. The van der Waals surface area contributed by atoms with Crippen molar-refractivity contribution in [3.05, 3.63) is 60.2 Å². The second-order valence-electron chi connectivity index (χ2n) is 6.32. The van der Waals surface area contributed by atoms with Gasteiger partial charge < -0.3 is 9.84 Å². The fourth-order valence-corrected chi connectivity index (χ4v) is 2.92. The molecule has 0 amide bonds. The summed E-state index contributed by atoms with van der Waals surface area (Å²) >= 11 is 0. The molecule has 3 heteroatoms. The van der Waals surface area contributed by atoms with Crippen LogP contribution in [0.25, 0.3) is 0 Å². The van der Waals surface area contributed by atoms with Crippen molar-refractivity contribution in [3.8, 4) is 0 Å². The van der Waals surface area contributed by atoms with Crippen LogP contribution in [0.1, 0.15) is 55.8 Å². The van der Waals surface area contributed by atoms with Crippen molar-refractivity contribution in [1.29, 1.82) is 0 Å². The van der Waals surface area contributed by atoms with E-state index in [1.54, 1.807) is 36.4 Å². The van der Waals surface area contributed by atoms with Crippen LogP contribution >= 0.6 is 0 Å². The number of hydrogen-bond donors (Lipinski definition) is 1. The number of hydrogen-bond acceptors (Lipinski definition) is 3. The summed E-state index contributed by atoms with van der Waals surface area (Å²) in [6, 6.07) is 9.05. The number of ketones is 1. The summed E-state index contributed by atoms with van der Waals surface area (Å²) in [4.78, 5) is 12.7. The quantitative estimate of drug-likeness (QED) is 0.385. The van der Waals surface area contributed by atoms with Crippen molar-refractivity contribution in [3.63, 3.8) is 0 Å². The number of carbonyl (C=O) groups is 1. The molecule has 3 nitrogen and oxygen atoms in total. The predicted molar refractivity (Wildman–Crippen MR) is 96.8 cm³/mol. The molecule has 1 aliphatic carbocycles. The van der Waals surface area contributed by atoms with E-state index < -0.39 is 11.7 Å². The van der Waals surface area contributed by atoms with Gasteiger partial charge in [-0.2, -0.15) is 0 Å². The van der Waals surface area contributed by atoms with Gasteiger partial charge in [0.2, 0.25) is 0 Å². The van der Waals surface area contributed by atoms with E-state index >= 15 is 0 Å². The van der Waals surface area contributed by atoms with Crippen molar-refractivity contribution in [2.45, 2.75) is 51.2 Å². The lowest BCUT2D eigenvalue weighted by Crippen LogP contribution is -2.43. The number of Topliss-reactive ketones (excluding diaryl/α,β-unsaturated/α-hetero) is 1. The summed E-state index contributed by atoms with van der Waals surface area (Å²) in [6.07, 6.45) is 13.7. The first-order valence-corrected chi connectivity index (χ1v) is 8.99. The Hall–Kier alpha value is -1.71. The molecule has 1 N–H and O–H groups in total. The lowest BCUT2D eigenvalue weighted by Gasteiger charge is -2.32. The molecule has 2 unspecified atom stereocenters. The first-order chi connectivity index (χ1) is 11.7. The monoisotopic (exact) mass is 328 g/mol. The largest absolute Gasteiger partial charge is 0.361 e. The Morgan fingerprint density at radius 2 is 1.79 bits per heavy atom. The molecular weight excluding hydrogens is 300 g/mol. The minimum atomic E-state index is -1.55. The molecule has 0 saturated heterocycles. The van der Waals surface area contributed by atoms with Gasteiger partial charge in [0.25, 0.3) is 0 Å². The van der Waals surface area contributed by atoms with E-state index in [1.165, 1.54) is 25.7 Å². The second kappa shape index (κ2) is 9.55. The molecule has 0 saturated carbocycles. The molecule has 0 heterocycles. The Kier molecular flexibility index (Phi) is 7.41. The lowest BCUT2D eigenvalue weighted by molar-refractivity contribution is -0.182. The molecule has 0 radical (unpaired) electrons. The van der Waals surface area contributed by atoms with Crippen LogP contribution in [0.2, 0.25) is 0 Å². The Bertz CT molecular complexity index is 562. The van der Waals surface area contributed by atoms with Crippen molar-refractivity contribution >= 4 is 5.78 Å². The number of aliphatic hydroxyl groups is 1. The third-order valence-corrected chi connectivity index (χ3v) is 4.37. The second-order valence-corrected chi connectivity index (χ2v) is 6.32. The number of unbranched alkanes of at least 4 members (excludes halogenated alkanes) is 5. The van der Waals surface area contributed by atoms with Crippen LogP contribution in [0.5, 0.6) is 0 Å². The van der Waals surface area contributed by atoms with Crippen LogP contribution in [-0.2, 0) is 4.74 Å². The first kappa shape index (κ1) is 18.6. The Balaban J connectivity index is 1.89. The number of allylic oxidation sites excluding steroid dienone is 2. The Morgan fingerprint density at radius 3 is 2.54 bits per heavy atom. The van der Waals surface area contributed by atoms with E-state index in [4.69, 9.17) is 4.74 Å². The Labute approximate surface area is 145 Å². The van der Waals surface area contributed by atoms with E-state index in [0.717, 1.165) is 12.8 Å². The maximum Gasteiger partial charge on any atom is 0.199 e. The van der Waals surface area contributed by atoms with Gasteiger partial charge in [-0.3, -0.25) is 4.79 Å². The van der Waals surface area contributed by atoms with Crippen molar-refractivity contribution in [2.75, 3.05) is 6.61 Å². The summed E-state index contributed by atoms with van der Waals surface area (Å²) in [6.45, 7) is 2.66. The standard InChI is InChI=1S/C21H28O3/c1-2-3-4-5-6-12-17-24-21(23)16-11-10-15-19(21)20(22)18-13-8-7-9-14-18/h7-11,13-16,19,23H,2-6,12,17H2,1H3. The molecule has 0 fully saturated rings. The number of rotatable bonds is 10. The number of carbonyl (C=O) groups excluding carboxylic acids is 1. The molecule has 130 valence electrons. The van der Waals surface area contributed by atoms with E-state index in [9.17, 15) is 9.90 Å². The third kappa shape index (κ3) is 5.15. The zero-order valence-corrected chi connectivity index (χ0v) is 14.5.